The van der Waals surface area contributed by atoms with Crippen LogP contribution in [0.15, 0.2) is 11.8 Å². The average molecular weight is 156 g/mol. The molecule has 0 aromatic rings. The van der Waals surface area contributed by atoms with Gasteiger partial charge in [0.2, 0.25) is 0 Å². The molecule has 1 aliphatic rings. The Balaban J connectivity index is 1.91. The minimum Gasteiger partial charge on any atom is -0.501 e. The molecule has 1 fully saturated rings. The lowest BCUT2D eigenvalue weighted by Crippen LogP contribution is -2.27. The highest BCUT2D eigenvalue weighted by Gasteiger charge is 2.16. The van der Waals surface area contributed by atoms with Crippen molar-refractivity contribution < 1.29 is 9.47 Å². The van der Waals surface area contributed by atoms with Gasteiger partial charge in [-0.25, -0.2) is 0 Å². The Morgan fingerprint density at radius 1 is 1.64 bits per heavy atom. The van der Waals surface area contributed by atoms with Crippen LogP contribution >= 0.6 is 0 Å². The third kappa shape index (κ3) is 3.42. The molecule has 0 N–H and O–H groups in total. The van der Waals surface area contributed by atoms with Crippen molar-refractivity contribution in [3.8, 4) is 0 Å². The third-order valence-corrected chi connectivity index (χ3v) is 1.67. The number of rotatable bonds is 4. The summed E-state index contributed by atoms with van der Waals surface area (Å²) in [6, 6.07) is 0. The first-order valence-electron chi connectivity index (χ1n) is 4.15. The Morgan fingerprint density at radius 3 is 2.82 bits per heavy atom. The van der Waals surface area contributed by atoms with Gasteiger partial charge in [-0.05, 0) is 25.8 Å². The van der Waals surface area contributed by atoms with Crippen molar-refractivity contribution in [2.75, 3.05) is 13.2 Å². The highest BCUT2D eigenvalue weighted by Crippen LogP contribution is 2.14. The van der Waals surface area contributed by atoms with Gasteiger partial charge < -0.3 is 9.47 Å². The molecule has 1 saturated heterocycles. The van der Waals surface area contributed by atoms with Crippen LogP contribution in [0.2, 0.25) is 0 Å². The van der Waals surface area contributed by atoms with Crippen molar-refractivity contribution in [2.45, 2.75) is 32.8 Å². The summed E-state index contributed by atoms with van der Waals surface area (Å²) in [7, 11) is 0. The zero-order valence-electron chi connectivity index (χ0n) is 7.30. The molecule has 11 heavy (non-hydrogen) atoms. The van der Waals surface area contributed by atoms with Crippen LogP contribution in [0.3, 0.4) is 0 Å². The molecule has 0 aromatic carbocycles. The van der Waals surface area contributed by atoms with E-state index in [9.17, 15) is 0 Å². The molecule has 1 heterocycles. The lowest BCUT2D eigenvalue weighted by molar-refractivity contribution is -0.0618. The first kappa shape index (κ1) is 8.60. The zero-order chi connectivity index (χ0) is 8.10. The maximum Gasteiger partial charge on any atom is 0.0898 e. The van der Waals surface area contributed by atoms with Crippen LogP contribution in [-0.2, 0) is 9.47 Å². The standard InChI is InChI=1S/C9H16O2/c1-8(2)7-10-5-3-9-4-6-11-9/h7,9H,3-6H2,1-2H3. The molecule has 0 spiro atoms. The van der Waals surface area contributed by atoms with Gasteiger partial charge in [-0.1, -0.05) is 0 Å². The smallest absolute Gasteiger partial charge is 0.0898 e. The Hall–Kier alpha value is -0.500. The summed E-state index contributed by atoms with van der Waals surface area (Å²) < 4.78 is 10.5. The fraction of sp³-hybridized carbons (Fsp3) is 0.778. The van der Waals surface area contributed by atoms with Gasteiger partial charge in [0, 0.05) is 13.0 Å². The van der Waals surface area contributed by atoms with Crippen molar-refractivity contribution in [1.82, 2.24) is 0 Å². The fourth-order valence-corrected chi connectivity index (χ4v) is 0.937. The second-order valence-corrected chi connectivity index (χ2v) is 3.14. The monoisotopic (exact) mass is 156 g/mol. The van der Waals surface area contributed by atoms with E-state index in [0.29, 0.717) is 6.10 Å². The normalized spacial score (nSPS) is 22.2. The molecule has 1 rings (SSSR count). The van der Waals surface area contributed by atoms with Gasteiger partial charge in [-0.3, -0.25) is 0 Å². The Kier molecular flexibility index (Phi) is 3.43. The summed E-state index contributed by atoms with van der Waals surface area (Å²) in [5, 5.41) is 0. The van der Waals surface area contributed by atoms with Crippen molar-refractivity contribution in [2.24, 2.45) is 0 Å². The van der Waals surface area contributed by atoms with Gasteiger partial charge in [-0.2, -0.15) is 0 Å². The first-order valence-corrected chi connectivity index (χ1v) is 4.15. The molecule has 0 aliphatic carbocycles. The Bertz CT molecular complexity index is 132. The topological polar surface area (TPSA) is 18.5 Å². The Morgan fingerprint density at radius 2 is 2.36 bits per heavy atom. The van der Waals surface area contributed by atoms with Gasteiger partial charge in [0.25, 0.3) is 0 Å². The van der Waals surface area contributed by atoms with Crippen LogP contribution in [0.25, 0.3) is 0 Å². The number of hydrogen-bond donors (Lipinski definition) is 0. The molecular formula is C9H16O2. The molecule has 0 bridgehead atoms. The minimum absolute atomic E-state index is 0.473. The highest BCUT2D eigenvalue weighted by molar-refractivity contribution is 4.86. The van der Waals surface area contributed by atoms with Crippen LogP contribution in [0.5, 0.6) is 0 Å². The minimum atomic E-state index is 0.473. The molecule has 0 radical (unpaired) electrons. The number of allylic oxidation sites excluding steroid dienone is 1. The molecule has 64 valence electrons. The lowest BCUT2D eigenvalue weighted by atomic mass is 10.1. The van der Waals surface area contributed by atoms with Gasteiger partial charge in [0.1, 0.15) is 0 Å². The molecule has 2 nitrogen and oxygen atoms in total. The summed E-state index contributed by atoms with van der Waals surface area (Å²) in [5.41, 5.74) is 1.21. The van der Waals surface area contributed by atoms with E-state index in [-0.39, 0.29) is 0 Å². The molecule has 1 atom stereocenters. The largest absolute Gasteiger partial charge is 0.501 e. The molecular weight excluding hydrogens is 140 g/mol. The van der Waals surface area contributed by atoms with E-state index >= 15 is 0 Å². The van der Waals surface area contributed by atoms with E-state index in [4.69, 9.17) is 9.47 Å². The van der Waals surface area contributed by atoms with E-state index in [1.807, 2.05) is 13.8 Å². The maximum absolute atomic E-state index is 5.26. The zero-order valence-corrected chi connectivity index (χ0v) is 7.30. The second-order valence-electron chi connectivity index (χ2n) is 3.14. The molecule has 0 amide bonds. The van der Waals surface area contributed by atoms with E-state index in [0.717, 1.165) is 19.6 Å². The summed E-state index contributed by atoms with van der Waals surface area (Å²) in [6.45, 7) is 5.78. The lowest BCUT2D eigenvalue weighted by Gasteiger charge is -2.25. The molecule has 2 heteroatoms. The quantitative estimate of drug-likeness (QED) is 0.458. The van der Waals surface area contributed by atoms with Crippen LogP contribution in [0.4, 0.5) is 0 Å². The summed E-state index contributed by atoms with van der Waals surface area (Å²) in [5.74, 6) is 0. The van der Waals surface area contributed by atoms with Crippen LogP contribution in [-0.4, -0.2) is 19.3 Å². The summed E-state index contributed by atoms with van der Waals surface area (Å²) in [4.78, 5) is 0. The molecule has 1 unspecified atom stereocenters. The highest BCUT2D eigenvalue weighted by atomic mass is 16.5. The van der Waals surface area contributed by atoms with Gasteiger partial charge in [-0.15, -0.1) is 0 Å². The van der Waals surface area contributed by atoms with Crippen molar-refractivity contribution in [1.29, 1.82) is 0 Å². The SMILES string of the molecule is CC(C)=COCCC1CCO1. The third-order valence-electron chi connectivity index (χ3n) is 1.67. The number of hydrogen-bond acceptors (Lipinski definition) is 2. The second kappa shape index (κ2) is 4.39. The van der Waals surface area contributed by atoms with Crippen molar-refractivity contribution in [3.63, 3.8) is 0 Å². The summed E-state index contributed by atoms with van der Waals surface area (Å²) in [6.07, 6.45) is 4.52. The Labute approximate surface area is 68.2 Å². The number of ether oxygens (including phenoxy) is 2. The maximum atomic E-state index is 5.26. The fourth-order valence-electron chi connectivity index (χ4n) is 0.937. The van der Waals surface area contributed by atoms with Gasteiger partial charge >= 0.3 is 0 Å². The molecule has 1 aliphatic heterocycles. The van der Waals surface area contributed by atoms with Crippen molar-refractivity contribution in [3.05, 3.63) is 11.8 Å². The summed E-state index contributed by atoms with van der Waals surface area (Å²) >= 11 is 0. The van der Waals surface area contributed by atoms with Gasteiger partial charge in [0.15, 0.2) is 0 Å². The van der Waals surface area contributed by atoms with Gasteiger partial charge in [0.05, 0.1) is 19.0 Å². The predicted octanol–water partition coefficient (Wildman–Crippen LogP) is 2.11. The van der Waals surface area contributed by atoms with Crippen LogP contribution in [0.1, 0.15) is 26.7 Å². The first-order chi connectivity index (χ1) is 5.29. The molecule has 0 saturated carbocycles. The van der Waals surface area contributed by atoms with E-state index < -0.39 is 0 Å². The van der Waals surface area contributed by atoms with E-state index in [1.165, 1.54) is 12.0 Å². The van der Waals surface area contributed by atoms with E-state index in [2.05, 4.69) is 0 Å². The predicted molar refractivity (Wildman–Crippen MR) is 44.4 cm³/mol. The van der Waals surface area contributed by atoms with Crippen LogP contribution in [0, 0.1) is 0 Å². The molecule has 0 aromatic heterocycles. The van der Waals surface area contributed by atoms with E-state index in [1.54, 1.807) is 6.26 Å². The average Bonchev–Trinajstić information content (AvgIpc) is 1.82. The van der Waals surface area contributed by atoms with Crippen LogP contribution < -0.4 is 0 Å². The van der Waals surface area contributed by atoms with Crippen molar-refractivity contribution >= 4 is 0 Å².